The molecular weight excluding hydrogens is 452 g/mol. The summed E-state index contributed by atoms with van der Waals surface area (Å²) in [5, 5.41) is 8.44. The van der Waals surface area contributed by atoms with Crippen molar-refractivity contribution in [1.29, 1.82) is 0 Å². The molecule has 2 aromatic heterocycles. The van der Waals surface area contributed by atoms with E-state index in [1.54, 1.807) is 24.5 Å². The zero-order valence-electron chi connectivity index (χ0n) is 20.3. The molecule has 0 saturated heterocycles. The first kappa shape index (κ1) is 25.0. The fraction of sp³-hybridized carbons (Fsp3) is 0.321. The van der Waals surface area contributed by atoms with E-state index < -0.39 is 11.3 Å². The smallest absolute Gasteiger partial charge is 0.249 e. The van der Waals surface area contributed by atoms with Gasteiger partial charge in [-0.15, -0.1) is 5.10 Å². The van der Waals surface area contributed by atoms with E-state index in [9.17, 15) is 9.59 Å². The number of aromatic nitrogens is 4. The maximum absolute atomic E-state index is 12.8. The molecule has 1 aromatic carbocycles. The van der Waals surface area contributed by atoms with E-state index in [1.165, 1.54) is 0 Å². The molecule has 1 aliphatic rings. The number of benzene rings is 1. The van der Waals surface area contributed by atoms with E-state index in [0.717, 1.165) is 55.5 Å². The molecule has 3 aromatic rings. The van der Waals surface area contributed by atoms with Crippen LogP contribution in [0.15, 0.2) is 73.2 Å². The van der Waals surface area contributed by atoms with E-state index in [1.807, 2.05) is 53.4 Å². The molecule has 2 amide bonds. The van der Waals surface area contributed by atoms with Crippen molar-refractivity contribution in [2.75, 3.05) is 0 Å². The third-order valence-corrected chi connectivity index (χ3v) is 6.82. The molecular formula is C28H32N6O2. The van der Waals surface area contributed by atoms with Gasteiger partial charge in [-0.3, -0.25) is 19.3 Å². The number of hydrogen-bond donors (Lipinski definition) is 2. The zero-order chi connectivity index (χ0) is 25.4. The maximum Gasteiger partial charge on any atom is 0.249 e. The number of rotatable bonds is 12. The minimum atomic E-state index is -0.844. The normalized spacial score (nSPS) is 17.1. The first-order chi connectivity index (χ1) is 17.5. The second-order valence-electron chi connectivity index (χ2n) is 9.20. The van der Waals surface area contributed by atoms with E-state index >= 15 is 0 Å². The third-order valence-electron chi connectivity index (χ3n) is 6.82. The monoisotopic (exact) mass is 484 g/mol. The lowest BCUT2D eigenvalue weighted by Crippen LogP contribution is -2.39. The van der Waals surface area contributed by atoms with Crippen LogP contribution >= 0.6 is 0 Å². The van der Waals surface area contributed by atoms with Gasteiger partial charge in [-0.25, -0.2) is 0 Å². The van der Waals surface area contributed by atoms with Crippen LogP contribution in [-0.4, -0.2) is 31.8 Å². The second kappa shape index (κ2) is 11.6. The number of nitrogens with two attached hydrogens (primary N) is 2. The summed E-state index contributed by atoms with van der Waals surface area (Å²) in [7, 11) is 0. The topological polar surface area (TPSA) is 130 Å². The summed E-state index contributed by atoms with van der Waals surface area (Å²) < 4.78 is 1.87. The summed E-state index contributed by atoms with van der Waals surface area (Å²) in [6.07, 6.45) is 17.3. The van der Waals surface area contributed by atoms with Crippen molar-refractivity contribution in [3.8, 4) is 11.3 Å². The van der Waals surface area contributed by atoms with E-state index in [-0.39, 0.29) is 5.91 Å². The Labute approximate surface area is 211 Å². The van der Waals surface area contributed by atoms with Crippen LogP contribution in [0.3, 0.4) is 0 Å². The molecule has 36 heavy (non-hydrogen) atoms. The number of pyridine rings is 1. The van der Waals surface area contributed by atoms with Crippen LogP contribution in [0.5, 0.6) is 0 Å². The average Bonchev–Trinajstić information content (AvgIpc) is 3.38. The number of allylic oxidation sites excluding steroid dienone is 3. The van der Waals surface area contributed by atoms with E-state index in [2.05, 4.69) is 15.3 Å². The summed E-state index contributed by atoms with van der Waals surface area (Å²) in [5.74, 6) is -0.882. The highest BCUT2D eigenvalue weighted by atomic mass is 16.1. The summed E-state index contributed by atoms with van der Waals surface area (Å²) >= 11 is 0. The van der Waals surface area contributed by atoms with Gasteiger partial charge in [0, 0.05) is 30.1 Å². The lowest BCUT2D eigenvalue weighted by molar-refractivity contribution is -0.125. The molecule has 0 aliphatic heterocycles. The van der Waals surface area contributed by atoms with Gasteiger partial charge in [0.25, 0.3) is 0 Å². The highest BCUT2D eigenvalue weighted by Crippen LogP contribution is 2.46. The lowest BCUT2D eigenvalue weighted by Gasteiger charge is -2.35. The van der Waals surface area contributed by atoms with Crippen molar-refractivity contribution in [1.82, 2.24) is 20.0 Å². The van der Waals surface area contributed by atoms with Gasteiger partial charge in [0.05, 0.1) is 11.6 Å². The quantitative estimate of drug-likeness (QED) is 0.370. The van der Waals surface area contributed by atoms with Crippen LogP contribution < -0.4 is 11.5 Å². The van der Waals surface area contributed by atoms with Gasteiger partial charge in [-0.05, 0) is 48.6 Å². The largest absolute Gasteiger partial charge is 0.369 e. The first-order valence-corrected chi connectivity index (χ1v) is 12.4. The van der Waals surface area contributed by atoms with Gasteiger partial charge < -0.3 is 11.5 Å². The molecule has 4 N–H and O–H groups in total. The van der Waals surface area contributed by atoms with Gasteiger partial charge in [0.15, 0.2) is 0 Å². The molecule has 0 fully saturated rings. The average molecular weight is 485 g/mol. The van der Waals surface area contributed by atoms with Crippen LogP contribution in [0, 0.1) is 5.41 Å². The van der Waals surface area contributed by atoms with Gasteiger partial charge in [-0.2, -0.15) is 0 Å². The Bertz CT molecular complexity index is 1260. The lowest BCUT2D eigenvalue weighted by atomic mass is 9.67. The number of carbonyl (C=O) groups is 2. The Kier molecular flexibility index (Phi) is 8.05. The van der Waals surface area contributed by atoms with Crippen LogP contribution in [0.4, 0.5) is 0 Å². The number of nitrogens with zero attached hydrogens (tertiary/aromatic N) is 4. The number of aryl methyl sites for hydroxylation is 1. The molecule has 4 rings (SSSR count). The molecule has 0 saturated carbocycles. The van der Waals surface area contributed by atoms with Crippen molar-refractivity contribution in [3.63, 3.8) is 0 Å². The van der Waals surface area contributed by atoms with Crippen LogP contribution in [0.2, 0.25) is 0 Å². The predicted octanol–water partition coefficient (Wildman–Crippen LogP) is 4.29. The number of amides is 2. The first-order valence-electron chi connectivity index (χ1n) is 12.4. The van der Waals surface area contributed by atoms with E-state index in [4.69, 9.17) is 11.5 Å². The molecule has 8 heteroatoms. The van der Waals surface area contributed by atoms with Crippen molar-refractivity contribution >= 4 is 17.4 Å². The van der Waals surface area contributed by atoms with Gasteiger partial charge in [0.1, 0.15) is 5.69 Å². The van der Waals surface area contributed by atoms with Crippen molar-refractivity contribution in [2.24, 2.45) is 16.9 Å². The Morgan fingerprint density at radius 3 is 2.58 bits per heavy atom. The minimum Gasteiger partial charge on any atom is -0.369 e. The standard InChI is InChI=1S/C28H32N6O2/c29-26(35)23-13-5-4-12-22(23)24-14-6-8-16-28(24,27(30)36)15-7-2-1-3-9-18-34-20-25(32-33-34)21-11-10-17-31-19-21/h4-6,8,10-14,17,19-20H,1-3,7,9,15-16,18H2,(H2,29,35)(H2,30,36). The highest BCUT2D eigenvalue weighted by Gasteiger charge is 2.41. The zero-order valence-corrected chi connectivity index (χ0v) is 20.3. The molecule has 2 heterocycles. The Morgan fingerprint density at radius 1 is 1.00 bits per heavy atom. The van der Waals surface area contributed by atoms with Crippen molar-refractivity contribution in [2.45, 2.75) is 51.5 Å². The molecule has 0 radical (unpaired) electrons. The molecule has 0 bridgehead atoms. The molecule has 0 spiro atoms. The minimum absolute atomic E-state index is 0.368. The molecule has 1 atom stereocenters. The third kappa shape index (κ3) is 5.59. The number of carbonyl (C=O) groups excluding carboxylic acids is 2. The summed E-state index contributed by atoms with van der Waals surface area (Å²) in [6.45, 7) is 0.806. The van der Waals surface area contributed by atoms with Gasteiger partial charge >= 0.3 is 0 Å². The highest BCUT2D eigenvalue weighted by molar-refractivity contribution is 6.03. The fourth-order valence-electron chi connectivity index (χ4n) is 4.86. The summed E-state index contributed by atoms with van der Waals surface area (Å²) in [4.78, 5) is 28.9. The molecule has 186 valence electrons. The number of primary amides is 2. The number of hydrogen-bond acceptors (Lipinski definition) is 5. The Morgan fingerprint density at radius 2 is 1.81 bits per heavy atom. The van der Waals surface area contributed by atoms with Crippen molar-refractivity contribution in [3.05, 3.63) is 84.3 Å². The van der Waals surface area contributed by atoms with Crippen LogP contribution in [0.25, 0.3) is 16.8 Å². The van der Waals surface area contributed by atoms with E-state index in [0.29, 0.717) is 24.0 Å². The SMILES string of the molecule is NC(=O)c1ccccc1C1=CC=CCC1(CCCCCCCn1cc(-c2cccnc2)nn1)C(N)=O. The number of unbranched alkanes of at least 4 members (excludes halogenated alkanes) is 4. The fourth-order valence-corrected chi connectivity index (χ4v) is 4.86. The summed E-state index contributed by atoms with van der Waals surface area (Å²) in [6, 6.07) is 11.0. The van der Waals surface area contributed by atoms with Crippen molar-refractivity contribution < 1.29 is 9.59 Å². The van der Waals surface area contributed by atoms with Gasteiger partial charge in [-0.1, -0.05) is 67.3 Å². The molecule has 8 nitrogen and oxygen atoms in total. The van der Waals surface area contributed by atoms with Crippen LogP contribution in [-0.2, 0) is 11.3 Å². The van der Waals surface area contributed by atoms with Gasteiger partial charge in [0.2, 0.25) is 11.8 Å². The van der Waals surface area contributed by atoms with Crippen LogP contribution in [0.1, 0.15) is 60.9 Å². The summed E-state index contributed by atoms with van der Waals surface area (Å²) in [5.41, 5.74) is 14.4. The molecule has 1 unspecified atom stereocenters. The Hall–Kier alpha value is -4.07. The maximum atomic E-state index is 12.8. The second-order valence-corrected chi connectivity index (χ2v) is 9.20. The predicted molar refractivity (Wildman–Crippen MR) is 139 cm³/mol. The Balaban J connectivity index is 1.30. The molecule has 1 aliphatic carbocycles.